The molecule has 0 bridgehead atoms. The van der Waals surface area contributed by atoms with E-state index in [1.54, 1.807) is 0 Å². The third-order valence-electron chi connectivity index (χ3n) is 2.37. The van der Waals surface area contributed by atoms with Crippen LogP contribution >= 0.6 is 0 Å². The standard InChI is InChI=1S/C11H19N3O/c1-4-5-15-11-6-10(13-7-14-11)8(2)9(3)12/h6-9H,4-5,12H2,1-3H3. The molecule has 1 aromatic heterocycles. The van der Waals surface area contributed by atoms with E-state index in [2.05, 4.69) is 23.8 Å². The lowest BCUT2D eigenvalue weighted by molar-refractivity contribution is 0.303. The summed E-state index contributed by atoms with van der Waals surface area (Å²) in [6, 6.07) is 1.95. The number of hydrogen-bond donors (Lipinski definition) is 1. The van der Waals surface area contributed by atoms with E-state index in [1.807, 2.05) is 13.0 Å². The van der Waals surface area contributed by atoms with Gasteiger partial charge < -0.3 is 10.5 Å². The molecule has 0 aromatic carbocycles. The predicted octanol–water partition coefficient (Wildman–Crippen LogP) is 1.72. The fourth-order valence-corrected chi connectivity index (χ4v) is 1.16. The van der Waals surface area contributed by atoms with E-state index in [4.69, 9.17) is 10.5 Å². The average Bonchev–Trinajstić information content (AvgIpc) is 2.25. The van der Waals surface area contributed by atoms with Gasteiger partial charge in [-0.1, -0.05) is 13.8 Å². The van der Waals surface area contributed by atoms with Gasteiger partial charge in [-0.3, -0.25) is 0 Å². The number of hydrogen-bond acceptors (Lipinski definition) is 4. The maximum atomic E-state index is 5.82. The minimum atomic E-state index is 0.0823. The molecule has 0 aliphatic carbocycles. The molecule has 4 heteroatoms. The van der Waals surface area contributed by atoms with E-state index in [1.165, 1.54) is 6.33 Å². The zero-order valence-corrected chi connectivity index (χ0v) is 9.60. The normalized spacial score (nSPS) is 14.7. The van der Waals surface area contributed by atoms with Gasteiger partial charge in [0.25, 0.3) is 0 Å². The zero-order chi connectivity index (χ0) is 11.3. The summed E-state index contributed by atoms with van der Waals surface area (Å²) >= 11 is 0. The Hall–Kier alpha value is -1.16. The molecule has 0 saturated carbocycles. The summed E-state index contributed by atoms with van der Waals surface area (Å²) < 4.78 is 5.43. The lowest BCUT2D eigenvalue weighted by Crippen LogP contribution is -2.23. The van der Waals surface area contributed by atoms with Gasteiger partial charge in [0, 0.05) is 18.0 Å². The number of nitrogens with zero attached hydrogens (tertiary/aromatic N) is 2. The Morgan fingerprint density at radius 1 is 1.40 bits per heavy atom. The Morgan fingerprint density at radius 2 is 2.13 bits per heavy atom. The maximum absolute atomic E-state index is 5.82. The first-order valence-electron chi connectivity index (χ1n) is 5.35. The molecule has 0 aliphatic rings. The second-order valence-corrected chi connectivity index (χ2v) is 3.78. The Balaban J connectivity index is 2.73. The van der Waals surface area contributed by atoms with Gasteiger partial charge in [0.2, 0.25) is 5.88 Å². The van der Waals surface area contributed by atoms with Crippen LogP contribution in [-0.2, 0) is 0 Å². The Labute approximate surface area is 90.9 Å². The molecule has 0 aliphatic heterocycles. The molecule has 0 amide bonds. The van der Waals surface area contributed by atoms with E-state index in [0.29, 0.717) is 12.5 Å². The van der Waals surface area contributed by atoms with Gasteiger partial charge in [0.1, 0.15) is 6.33 Å². The third kappa shape index (κ3) is 3.47. The molecule has 2 unspecified atom stereocenters. The van der Waals surface area contributed by atoms with Crippen molar-refractivity contribution in [2.75, 3.05) is 6.61 Å². The maximum Gasteiger partial charge on any atom is 0.216 e. The molecular formula is C11H19N3O. The Kier molecular flexibility index (Phi) is 4.49. The van der Waals surface area contributed by atoms with Crippen molar-refractivity contribution in [3.05, 3.63) is 18.1 Å². The van der Waals surface area contributed by atoms with Crippen LogP contribution in [0, 0.1) is 0 Å². The van der Waals surface area contributed by atoms with Crippen LogP contribution in [0.2, 0.25) is 0 Å². The Morgan fingerprint density at radius 3 is 2.73 bits per heavy atom. The van der Waals surface area contributed by atoms with Crippen molar-refractivity contribution in [2.24, 2.45) is 5.73 Å². The molecule has 4 nitrogen and oxygen atoms in total. The van der Waals surface area contributed by atoms with E-state index < -0.39 is 0 Å². The SMILES string of the molecule is CCCOc1cc(C(C)C(C)N)ncn1. The van der Waals surface area contributed by atoms with Gasteiger partial charge in [-0.15, -0.1) is 0 Å². The van der Waals surface area contributed by atoms with Gasteiger partial charge in [-0.2, -0.15) is 0 Å². The molecular weight excluding hydrogens is 190 g/mol. The first-order valence-corrected chi connectivity index (χ1v) is 5.35. The molecule has 1 rings (SSSR count). The highest BCUT2D eigenvalue weighted by Gasteiger charge is 2.12. The average molecular weight is 209 g/mol. The van der Waals surface area contributed by atoms with Crippen molar-refractivity contribution in [1.82, 2.24) is 9.97 Å². The molecule has 0 radical (unpaired) electrons. The van der Waals surface area contributed by atoms with Crippen LogP contribution < -0.4 is 10.5 Å². The van der Waals surface area contributed by atoms with Crippen LogP contribution in [0.5, 0.6) is 5.88 Å². The highest BCUT2D eigenvalue weighted by molar-refractivity contribution is 5.17. The van der Waals surface area contributed by atoms with Crippen molar-refractivity contribution >= 4 is 0 Å². The van der Waals surface area contributed by atoms with Crippen LogP contribution in [0.25, 0.3) is 0 Å². The van der Waals surface area contributed by atoms with E-state index in [-0.39, 0.29) is 12.0 Å². The topological polar surface area (TPSA) is 61.0 Å². The summed E-state index contributed by atoms with van der Waals surface area (Å²) in [5.41, 5.74) is 6.75. The molecule has 1 aromatic rings. The summed E-state index contributed by atoms with van der Waals surface area (Å²) in [4.78, 5) is 8.24. The monoisotopic (exact) mass is 209 g/mol. The molecule has 84 valence electrons. The lowest BCUT2D eigenvalue weighted by atomic mass is 10.0. The van der Waals surface area contributed by atoms with Crippen LogP contribution in [0.15, 0.2) is 12.4 Å². The van der Waals surface area contributed by atoms with Crippen molar-refractivity contribution in [1.29, 1.82) is 0 Å². The second kappa shape index (κ2) is 5.66. The first-order chi connectivity index (χ1) is 7.15. The largest absolute Gasteiger partial charge is 0.478 e. The molecule has 15 heavy (non-hydrogen) atoms. The van der Waals surface area contributed by atoms with E-state index in [0.717, 1.165) is 12.1 Å². The number of rotatable bonds is 5. The zero-order valence-electron chi connectivity index (χ0n) is 9.60. The minimum absolute atomic E-state index is 0.0823. The molecule has 0 saturated heterocycles. The van der Waals surface area contributed by atoms with Crippen molar-refractivity contribution in [2.45, 2.75) is 39.2 Å². The molecule has 2 N–H and O–H groups in total. The van der Waals surface area contributed by atoms with Gasteiger partial charge in [0.15, 0.2) is 0 Å². The smallest absolute Gasteiger partial charge is 0.216 e. The molecule has 2 atom stereocenters. The summed E-state index contributed by atoms with van der Waals surface area (Å²) in [6.45, 7) is 6.77. The van der Waals surface area contributed by atoms with E-state index >= 15 is 0 Å². The van der Waals surface area contributed by atoms with Crippen LogP contribution in [0.1, 0.15) is 38.8 Å². The minimum Gasteiger partial charge on any atom is -0.478 e. The van der Waals surface area contributed by atoms with Crippen LogP contribution in [-0.4, -0.2) is 22.6 Å². The quantitative estimate of drug-likeness (QED) is 0.802. The number of ether oxygens (including phenoxy) is 1. The van der Waals surface area contributed by atoms with Crippen LogP contribution in [0.4, 0.5) is 0 Å². The fourth-order valence-electron chi connectivity index (χ4n) is 1.16. The van der Waals surface area contributed by atoms with Crippen LogP contribution in [0.3, 0.4) is 0 Å². The molecule has 0 fully saturated rings. The Bertz CT molecular complexity index is 302. The van der Waals surface area contributed by atoms with Gasteiger partial charge in [-0.25, -0.2) is 9.97 Å². The summed E-state index contributed by atoms with van der Waals surface area (Å²) in [7, 11) is 0. The number of nitrogens with two attached hydrogens (primary N) is 1. The van der Waals surface area contributed by atoms with Crippen molar-refractivity contribution in [3.8, 4) is 5.88 Å². The highest BCUT2D eigenvalue weighted by atomic mass is 16.5. The van der Waals surface area contributed by atoms with Crippen molar-refractivity contribution < 1.29 is 4.74 Å². The third-order valence-corrected chi connectivity index (χ3v) is 2.37. The van der Waals surface area contributed by atoms with Crippen molar-refractivity contribution in [3.63, 3.8) is 0 Å². The summed E-state index contributed by atoms with van der Waals surface area (Å²) in [5.74, 6) is 0.853. The van der Waals surface area contributed by atoms with Gasteiger partial charge in [0.05, 0.1) is 12.3 Å². The van der Waals surface area contributed by atoms with Gasteiger partial charge in [-0.05, 0) is 13.3 Å². The lowest BCUT2D eigenvalue weighted by Gasteiger charge is -2.15. The van der Waals surface area contributed by atoms with E-state index in [9.17, 15) is 0 Å². The fraction of sp³-hybridized carbons (Fsp3) is 0.636. The van der Waals surface area contributed by atoms with Gasteiger partial charge >= 0.3 is 0 Å². The molecule has 1 heterocycles. The number of aromatic nitrogens is 2. The summed E-state index contributed by atoms with van der Waals surface area (Å²) in [6.07, 6.45) is 2.50. The molecule has 0 spiro atoms. The second-order valence-electron chi connectivity index (χ2n) is 3.78. The predicted molar refractivity (Wildman–Crippen MR) is 59.9 cm³/mol. The first kappa shape index (κ1) is 11.9. The highest BCUT2D eigenvalue weighted by Crippen LogP contribution is 2.18. The summed E-state index contributed by atoms with van der Waals surface area (Å²) in [5, 5.41) is 0.